The summed E-state index contributed by atoms with van der Waals surface area (Å²) in [5.41, 5.74) is 10.5. The van der Waals surface area contributed by atoms with Crippen molar-refractivity contribution in [1.29, 1.82) is 0 Å². The maximum Gasteiger partial charge on any atom is 0.253 e. The van der Waals surface area contributed by atoms with Crippen molar-refractivity contribution in [2.75, 3.05) is 10.5 Å². The Morgan fingerprint density at radius 2 is 1.92 bits per heavy atom. The Bertz CT molecular complexity index is 1600. The number of halogens is 2. The summed E-state index contributed by atoms with van der Waals surface area (Å²) in [4.78, 5) is 12.4. The average molecular weight is 571 g/mol. The van der Waals surface area contributed by atoms with E-state index in [4.69, 9.17) is 5.73 Å². The summed E-state index contributed by atoms with van der Waals surface area (Å²) in [5, 5.41) is 4.51. The summed E-state index contributed by atoms with van der Waals surface area (Å²) in [6.45, 7) is 1.96. The number of anilines is 1. The van der Waals surface area contributed by atoms with E-state index in [1.54, 1.807) is 12.3 Å². The summed E-state index contributed by atoms with van der Waals surface area (Å²) >= 11 is 3.46. The van der Waals surface area contributed by atoms with E-state index in [9.17, 15) is 17.6 Å². The highest BCUT2D eigenvalue weighted by Gasteiger charge is 2.30. The van der Waals surface area contributed by atoms with Crippen molar-refractivity contribution < 1.29 is 17.6 Å². The van der Waals surface area contributed by atoms with Crippen LogP contribution in [0.2, 0.25) is 0 Å². The Morgan fingerprint density at radius 3 is 2.56 bits per heavy atom. The SMILES string of the molecule is Cc1cc(CCS(=O)(=O)Nc2cn3nc(-c4ccc(F)cc4)c(C(N)=O)c3cc2C2CC2)ccc1Br. The fourth-order valence-electron chi connectivity index (χ4n) is 4.31. The highest BCUT2D eigenvalue weighted by atomic mass is 79.9. The van der Waals surface area contributed by atoms with Crippen LogP contribution in [-0.2, 0) is 16.4 Å². The normalized spacial score (nSPS) is 13.8. The molecule has 0 spiro atoms. The number of carbonyl (C=O) groups is 1. The predicted molar refractivity (Wildman–Crippen MR) is 141 cm³/mol. The van der Waals surface area contributed by atoms with Gasteiger partial charge >= 0.3 is 0 Å². The number of fused-ring (bicyclic) bond motifs is 1. The second kappa shape index (κ2) is 9.33. The van der Waals surface area contributed by atoms with Gasteiger partial charge in [-0.3, -0.25) is 9.52 Å². The minimum Gasteiger partial charge on any atom is -0.365 e. The first-order valence-corrected chi connectivity index (χ1v) is 13.9. The molecule has 0 unspecified atom stereocenters. The Labute approximate surface area is 216 Å². The molecule has 10 heteroatoms. The minimum atomic E-state index is -3.67. The zero-order valence-electron chi connectivity index (χ0n) is 19.5. The molecule has 0 aliphatic heterocycles. The largest absolute Gasteiger partial charge is 0.365 e. The quantitative estimate of drug-likeness (QED) is 0.304. The van der Waals surface area contributed by atoms with Gasteiger partial charge in [-0.05, 0) is 85.2 Å². The summed E-state index contributed by atoms with van der Waals surface area (Å²) < 4.78 is 44.7. The van der Waals surface area contributed by atoms with Gasteiger partial charge in [0.2, 0.25) is 10.0 Å². The van der Waals surface area contributed by atoms with E-state index in [-0.39, 0.29) is 17.2 Å². The van der Waals surface area contributed by atoms with Crippen LogP contribution in [0.4, 0.5) is 10.1 Å². The van der Waals surface area contributed by atoms with Crippen LogP contribution in [0.1, 0.15) is 45.8 Å². The lowest BCUT2D eigenvalue weighted by Gasteiger charge is -2.13. The molecule has 4 aromatic rings. The molecule has 2 aromatic carbocycles. The molecule has 36 heavy (non-hydrogen) atoms. The number of nitrogens with zero attached hydrogens (tertiary/aromatic N) is 2. The number of rotatable bonds is 8. The van der Waals surface area contributed by atoms with Crippen molar-refractivity contribution in [1.82, 2.24) is 9.61 Å². The van der Waals surface area contributed by atoms with Gasteiger partial charge in [0.1, 0.15) is 11.5 Å². The maximum absolute atomic E-state index is 13.4. The maximum atomic E-state index is 13.4. The van der Waals surface area contributed by atoms with Crippen LogP contribution >= 0.6 is 15.9 Å². The average Bonchev–Trinajstić information content (AvgIpc) is 3.60. The van der Waals surface area contributed by atoms with Crippen LogP contribution in [-0.4, -0.2) is 29.7 Å². The summed E-state index contributed by atoms with van der Waals surface area (Å²) in [6, 6.07) is 13.2. The standard InChI is InChI=1S/C26H24BrFN4O3S/c1-15-12-16(2-9-21(15)27)10-11-36(34,35)31-22-14-32-23(13-20(22)17-3-4-17)24(26(29)33)25(30-32)18-5-7-19(28)8-6-18/h2,5-9,12-14,17,31H,3-4,10-11H2,1H3,(H2,29,33). The number of sulfonamides is 1. The first-order valence-electron chi connectivity index (χ1n) is 11.5. The fourth-order valence-corrected chi connectivity index (χ4v) is 5.67. The number of nitrogens with one attached hydrogen (secondary N) is 1. The van der Waals surface area contributed by atoms with E-state index in [0.717, 1.165) is 34.0 Å². The number of nitrogens with two attached hydrogens (primary N) is 1. The number of hydrogen-bond donors (Lipinski definition) is 2. The van der Waals surface area contributed by atoms with Crippen LogP contribution in [0, 0.1) is 12.7 Å². The Morgan fingerprint density at radius 1 is 1.19 bits per heavy atom. The van der Waals surface area contributed by atoms with E-state index >= 15 is 0 Å². The smallest absolute Gasteiger partial charge is 0.253 e. The highest BCUT2D eigenvalue weighted by molar-refractivity contribution is 9.10. The third-order valence-electron chi connectivity index (χ3n) is 6.33. The van der Waals surface area contributed by atoms with Gasteiger partial charge in [0.15, 0.2) is 0 Å². The van der Waals surface area contributed by atoms with E-state index in [1.807, 2.05) is 25.1 Å². The van der Waals surface area contributed by atoms with Crippen molar-refractivity contribution in [3.63, 3.8) is 0 Å². The number of primary amides is 1. The monoisotopic (exact) mass is 570 g/mol. The molecule has 1 amide bonds. The lowest BCUT2D eigenvalue weighted by atomic mass is 10.0. The molecule has 0 bridgehead atoms. The number of amides is 1. The van der Waals surface area contributed by atoms with E-state index in [0.29, 0.717) is 28.9 Å². The van der Waals surface area contributed by atoms with Crippen molar-refractivity contribution in [3.8, 4) is 11.3 Å². The molecule has 7 nitrogen and oxygen atoms in total. The summed E-state index contributed by atoms with van der Waals surface area (Å²) in [6.07, 6.45) is 3.80. The Hall–Kier alpha value is -3.24. The summed E-state index contributed by atoms with van der Waals surface area (Å²) in [7, 11) is -3.67. The molecule has 3 N–H and O–H groups in total. The lowest BCUT2D eigenvalue weighted by molar-refractivity contribution is 0.100. The lowest BCUT2D eigenvalue weighted by Crippen LogP contribution is -2.19. The van der Waals surface area contributed by atoms with Gasteiger partial charge in [-0.15, -0.1) is 0 Å². The molecule has 1 aliphatic carbocycles. The predicted octanol–water partition coefficient (Wildman–Crippen LogP) is 5.17. The molecule has 1 saturated carbocycles. The Kier molecular flexibility index (Phi) is 6.34. The first-order chi connectivity index (χ1) is 17.1. The molecule has 186 valence electrons. The zero-order chi connectivity index (χ0) is 25.6. The van der Waals surface area contributed by atoms with Gasteiger partial charge in [-0.25, -0.2) is 17.3 Å². The minimum absolute atomic E-state index is 0.0807. The highest BCUT2D eigenvalue weighted by Crippen LogP contribution is 2.44. The second-order valence-electron chi connectivity index (χ2n) is 9.10. The zero-order valence-corrected chi connectivity index (χ0v) is 21.9. The van der Waals surface area contributed by atoms with Crippen LogP contribution in [0.5, 0.6) is 0 Å². The second-order valence-corrected chi connectivity index (χ2v) is 11.8. The molecule has 0 radical (unpaired) electrons. The van der Waals surface area contributed by atoms with Gasteiger partial charge < -0.3 is 5.73 Å². The topological polar surface area (TPSA) is 107 Å². The molecule has 2 heterocycles. The van der Waals surface area contributed by atoms with Crippen LogP contribution in [0.3, 0.4) is 0 Å². The van der Waals surface area contributed by atoms with E-state index < -0.39 is 21.7 Å². The third kappa shape index (κ3) is 5.01. The van der Waals surface area contributed by atoms with Gasteiger partial charge in [-0.1, -0.05) is 28.1 Å². The number of aromatic nitrogens is 2. The number of carbonyl (C=O) groups excluding carboxylic acids is 1. The van der Waals surface area contributed by atoms with Gasteiger partial charge in [0.05, 0.1) is 28.7 Å². The molecule has 0 atom stereocenters. The number of aryl methyl sites for hydroxylation is 2. The molecular formula is C26H24BrFN4O3S. The van der Waals surface area contributed by atoms with E-state index in [1.165, 1.54) is 28.8 Å². The van der Waals surface area contributed by atoms with Crippen LogP contribution < -0.4 is 10.5 Å². The Balaban J connectivity index is 1.50. The fraction of sp³-hybridized carbons (Fsp3) is 0.231. The van der Waals surface area contributed by atoms with Gasteiger partial charge in [0, 0.05) is 10.0 Å². The molecule has 1 aliphatic rings. The van der Waals surface area contributed by atoms with Crippen LogP contribution in [0.15, 0.2) is 59.2 Å². The number of pyridine rings is 1. The molecule has 0 saturated heterocycles. The van der Waals surface area contributed by atoms with Crippen molar-refractivity contribution in [2.24, 2.45) is 5.73 Å². The first kappa shape index (κ1) is 24.5. The van der Waals surface area contributed by atoms with Crippen LogP contribution in [0.25, 0.3) is 16.8 Å². The van der Waals surface area contributed by atoms with Crippen molar-refractivity contribution in [3.05, 3.63) is 87.3 Å². The number of benzene rings is 2. The molecule has 2 aromatic heterocycles. The van der Waals surface area contributed by atoms with Crippen molar-refractivity contribution >= 4 is 43.1 Å². The molecule has 5 rings (SSSR count). The van der Waals surface area contributed by atoms with Gasteiger partial charge in [0.25, 0.3) is 5.91 Å². The molecular weight excluding hydrogens is 547 g/mol. The van der Waals surface area contributed by atoms with Crippen molar-refractivity contribution in [2.45, 2.75) is 32.1 Å². The van der Waals surface area contributed by atoms with Gasteiger partial charge in [-0.2, -0.15) is 5.10 Å². The van der Waals surface area contributed by atoms with E-state index in [2.05, 4.69) is 25.8 Å². The third-order valence-corrected chi connectivity index (χ3v) is 8.49. The molecule has 1 fully saturated rings. The summed E-state index contributed by atoms with van der Waals surface area (Å²) in [5.74, 6) is -0.965. The number of hydrogen-bond acceptors (Lipinski definition) is 4.